The number of aromatic nitrogens is 1. The number of unbranched alkanes of at least 4 members (excludes halogenated alkanes) is 4. The summed E-state index contributed by atoms with van der Waals surface area (Å²) < 4.78 is 35.3. The molecule has 0 atom stereocenters. The van der Waals surface area contributed by atoms with Crippen molar-refractivity contribution in [3.8, 4) is 12.0 Å². The monoisotopic (exact) mass is 522 g/mol. The topological polar surface area (TPSA) is 68.6 Å². The fourth-order valence-corrected chi connectivity index (χ4v) is 5.24. The molecule has 0 bridgehead atoms. The standard InChI is InChI=1S/C30H38N2O4S/c1-6-7-8-9-10-13-21-31(37(34,35)26-18-16-24(2)17-19-26)22-20-25-23-32(29(33)36-30(3,4)5)28-15-12-11-14-27(25)28/h11-12,14-19,23H,6-10,20,22H2,1-5H3. The minimum absolute atomic E-state index is 0.167. The van der Waals surface area contributed by atoms with Crippen LogP contribution in [0.1, 0.15) is 70.9 Å². The lowest BCUT2D eigenvalue weighted by Crippen LogP contribution is -2.29. The molecule has 6 nitrogen and oxygen atoms in total. The van der Waals surface area contributed by atoms with Gasteiger partial charge in [-0.3, -0.25) is 4.57 Å². The van der Waals surface area contributed by atoms with E-state index in [9.17, 15) is 13.2 Å². The maximum absolute atomic E-state index is 13.5. The Kier molecular flexibility index (Phi) is 9.45. The maximum atomic E-state index is 13.5. The number of ether oxygens (including phenoxy) is 1. The lowest BCUT2D eigenvalue weighted by Gasteiger charge is -2.19. The van der Waals surface area contributed by atoms with Crippen molar-refractivity contribution in [2.24, 2.45) is 0 Å². The van der Waals surface area contributed by atoms with Crippen LogP contribution in [0.4, 0.5) is 4.79 Å². The fraction of sp³-hybridized carbons (Fsp3) is 0.433. The van der Waals surface area contributed by atoms with E-state index < -0.39 is 21.7 Å². The molecule has 0 unspecified atom stereocenters. The Balaban J connectivity index is 1.89. The molecule has 0 aliphatic carbocycles. The number of para-hydroxylation sites is 1. The number of carbonyl (C=O) groups is 1. The molecule has 1 heterocycles. The van der Waals surface area contributed by atoms with Crippen LogP contribution in [0.2, 0.25) is 0 Å². The van der Waals surface area contributed by atoms with Crippen LogP contribution >= 0.6 is 0 Å². The van der Waals surface area contributed by atoms with E-state index in [0.29, 0.717) is 12.8 Å². The van der Waals surface area contributed by atoms with E-state index in [4.69, 9.17) is 4.74 Å². The molecule has 198 valence electrons. The first kappa shape index (κ1) is 28.3. The van der Waals surface area contributed by atoms with Crippen LogP contribution in [0, 0.1) is 18.9 Å². The fourth-order valence-electron chi connectivity index (χ4n) is 3.99. The summed E-state index contributed by atoms with van der Waals surface area (Å²) in [6.07, 6.45) is 6.64. The van der Waals surface area contributed by atoms with E-state index in [1.165, 1.54) is 8.87 Å². The zero-order valence-electron chi connectivity index (χ0n) is 22.6. The highest BCUT2D eigenvalue weighted by Crippen LogP contribution is 2.24. The molecule has 0 aliphatic heterocycles. The van der Waals surface area contributed by atoms with Gasteiger partial charge in [0.15, 0.2) is 0 Å². The molecular weight excluding hydrogens is 484 g/mol. The summed E-state index contributed by atoms with van der Waals surface area (Å²) in [7, 11) is -3.81. The molecule has 37 heavy (non-hydrogen) atoms. The molecule has 0 spiro atoms. The number of carbonyl (C=O) groups excluding carboxylic acids is 1. The second-order valence-electron chi connectivity index (χ2n) is 10.3. The zero-order valence-corrected chi connectivity index (χ0v) is 23.4. The molecule has 3 aromatic rings. The Labute approximate surface area is 221 Å². The number of hydrogen-bond acceptors (Lipinski definition) is 4. The summed E-state index contributed by atoms with van der Waals surface area (Å²) in [6.45, 7) is 9.72. The molecule has 0 radical (unpaired) electrons. The van der Waals surface area contributed by atoms with Gasteiger partial charge in [-0.15, -0.1) is 0 Å². The lowest BCUT2D eigenvalue weighted by molar-refractivity contribution is 0.0544. The van der Waals surface area contributed by atoms with Crippen LogP contribution in [-0.2, 0) is 21.2 Å². The molecular formula is C30H38N2O4S. The van der Waals surface area contributed by atoms with Crippen molar-refractivity contribution in [2.45, 2.75) is 83.6 Å². The van der Waals surface area contributed by atoms with Gasteiger partial charge in [0.1, 0.15) is 5.60 Å². The second kappa shape index (κ2) is 12.3. The Bertz CT molecular complexity index is 1370. The molecule has 2 aromatic carbocycles. The van der Waals surface area contributed by atoms with Crippen molar-refractivity contribution in [1.82, 2.24) is 8.87 Å². The molecule has 1 aromatic heterocycles. The SMILES string of the molecule is CCCCCCC#CN(CCc1cn(C(=O)OC(C)(C)C)c2ccccc12)S(=O)(=O)c1ccc(C)cc1. The molecule has 0 amide bonds. The molecule has 0 aliphatic rings. The predicted molar refractivity (Wildman–Crippen MR) is 149 cm³/mol. The van der Waals surface area contributed by atoms with Crippen LogP contribution in [0.15, 0.2) is 59.6 Å². The zero-order chi connectivity index (χ0) is 27.1. The Hall–Kier alpha value is -3.24. The van der Waals surface area contributed by atoms with Gasteiger partial charge in [-0.05, 0) is 64.3 Å². The average molecular weight is 523 g/mol. The van der Waals surface area contributed by atoms with Gasteiger partial charge >= 0.3 is 6.09 Å². The van der Waals surface area contributed by atoms with Crippen molar-refractivity contribution in [3.05, 3.63) is 65.9 Å². The maximum Gasteiger partial charge on any atom is 0.419 e. The Morgan fingerprint density at radius 3 is 2.41 bits per heavy atom. The third kappa shape index (κ3) is 7.62. The van der Waals surface area contributed by atoms with Gasteiger partial charge in [-0.2, -0.15) is 0 Å². The number of nitrogens with zero attached hydrogens (tertiary/aromatic N) is 2. The average Bonchev–Trinajstić information content (AvgIpc) is 3.21. The normalized spacial score (nSPS) is 11.7. The molecule has 7 heteroatoms. The van der Waals surface area contributed by atoms with Gasteiger partial charge in [0, 0.05) is 30.6 Å². The van der Waals surface area contributed by atoms with E-state index in [1.807, 2.05) is 52.0 Å². The van der Waals surface area contributed by atoms with Gasteiger partial charge < -0.3 is 4.74 Å². The summed E-state index contributed by atoms with van der Waals surface area (Å²) in [4.78, 5) is 13.1. The van der Waals surface area contributed by atoms with Gasteiger partial charge in [-0.25, -0.2) is 17.5 Å². The minimum atomic E-state index is -3.81. The van der Waals surface area contributed by atoms with Crippen LogP contribution in [0.3, 0.4) is 0 Å². The Morgan fingerprint density at radius 1 is 1.03 bits per heavy atom. The van der Waals surface area contributed by atoms with Crippen LogP contribution < -0.4 is 0 Å². The summed E-state index contributed by atoms with van der Waals surface area (Å²) in [6, 6.07) is 17.3. The van der Waals surface area contributed by atoms with Gasteiger partial charge in [0.25, 0.3) is 10.0 Å². The summed E-state index contributed by atoms with van der Waals surface area (Å²) in [5.41, 5.74) is 1.94. The van der Waals surface area contributed by atoms with Gasteiger partial charge in [-0.1, -0.05) is 68.0 Å². The number of fused-ring (bicyclic) bond motifs is 1. The van der Waals surface area contributed by atoms with E-state index >= 15 is 0 Å². The second-order valence-corrected chi connectivity index (χ2v) is 12.1. The van der Waals surface area contributed by atoms with Crippen molar-refractivity contribution < 1.29 is 17.9 Å². The lowest BCUT2D eigenvalue weighted by atomic mass is 10.1. The van der Waals surface area contributed by atoms with Gasteiger partial charge in [0.05, 0.1) is 10.4 Å². The molecule has 0 N–H and O–H groups in total. The first-order valence-corrected chi connectivity index (χ1v) is 14.4. The summed E-state index contributed by atoms with van der Waals surface area (Å²) >= 11 is 0. The molecule has 3 rings (SSSR count). The number of benzene rings is 2. The highest BCUT2D eigenvalue weighted by Gasteiger charge is 2.24. The molecule has 0 saturated carbocycles. The quantitative estimate of drug-likeness (QED) is 0.174. The first-order valence-electron chi connectivity index (χ1n) is 12.9. The number of sulfonamides is 1. The summed E-state index contributed by atoms with van der Waals surface area (Å²) in [5, 5.41) is 0.883. The van der Waals surface area contributed by atoms with E-state index in [-0.39, 0.29) is 11.4 Å². The number of rotatable bonds is 9. The van der Waals surface area contributed by atoms with Crippen LogP contribution in [0.25, 0.3) is 10.9 Å². The van der Waals surface area contributed by atoms with Gasteiger partial charge in [0.2, 0.25) is 0 Å². The predicted octanol–water partition coefficient (Wildman–Crippen LogP) is 6.90. The van der Waals surface area contributed by atoms with Crippen LogP contribution in [-0.4, -0.2) is 35.5 Å². The smallest absolute Gasteiger partial charge is 0.419 e. The largest absolute Gasteiger partial charge is 0.443 e. The highest BCUT2D eigenvalue weighted by molar-refractivity contribution is 7.89. The number of hydrogen-bond donors (Lipinski definition) is 0. The van der Waals surface area contributed by atoms with Crippen molar-refractivity contribution in [3.63, 3.8) is 0 Å². The minimum Gasteiger partial charge on any atom is -0.443 e. The van der Waals surface area contributed by atoms with E-state index in [2.05, 4.69) is 18.9 Å². The molecule has 0 fully saturated rings. The van der Waals surface area contributed by atoms with Crippen molar-refractivity contribution in [2.75, 3.05) is 6.54 Å². The van der Waals surface area contributed by atoms with Crippen LogP contribution in [0.5, 0.6) is 0 Å². The van der Waals surface area contributed by atoms with E-state index in [1.54, 1.807) is 30.5 Å². The molecule has 0 saturated heterocycles. The van der Waals surface area contributed by atoms with Crippen molar-refractivity contribution in [1.29, 1.82) is 0 Å². The highest BCUT2D eigenvalue weighted by atomic mass is 32.2. The summed E-state index contributed by atoms with van der Waals surface area (Å²) in [5.74, 6) is 3.07. The third-order valence-electron chi connectivity index (χ3n) is 5.94. The number of aryl methyl sites for hydroxylation is 1. The third-order valence-corrected chi connectivity index (χ3v) is 7.66. The first-order chi connectivity index (χ1) is 17.5. The Morgan fingerprint density at radius 2 is 1.73 bits per heavy atom. The van der Waals surface area contributed by atoms with Crippen molar-refractivity contribution >= 4 is 27.0 Å². The van der Waals surface area contributed by atoms with E-state index in [0.717, 1.165) is 47.7 Å².